The molecule has 0 atom stereocenters. The number of phenols is 1. The van der Waals surface area contributed by atoms with Crippen LogP contribution in [-0.2, 0) is 0 Å². The number of hydrogen-bond acceptors (Lipinski definition) is 4. The first-order valence-electron chi connectivity index (χ1n) is 6.79. The van der Waals surface area contributed by atoms with E-state index < -0.39 is 5.78 Å². The van der Waals surface area contributed by atoms with Crippen molar-refractivity contribution in [2.45, 2.75) is 13.3 Å². The number of benzene rings is 2. The minimum absolute atomic E-state index is 0.125. The summed E-state index contributed by atoms with van der Waals surface area (Å²) in [7, 11) is 0. The number of Topliss-reactive ketones (excluding diaryl/α,β-unsaturated/α-hetero) is 2. The van der Waals surface area contributed by atoms with Crippen molar-refractivity contribution in [3.63, 3.8) is 0 Å². The van der Waals surface area contributed by atoms with Crippen molar-refractivity contribution in [3.05, 3.63) is 58.1 Å². The van der Waals surface area contributed by atoms with Crippen LogP contribution < -0.4 is 4.74 Å². The molecule has 0 spiro atoms. The van der Waals surface area contributed by atoms with E-state index in [1.807, 2.05) is 6.92 Å². The molecule has 22 heavy (non-hydrogen) atoms. The van der Waals surface area contributed by atoms with Crippen molar-refractivity contribution in [2.75, 3.05) is 6.61 Å². The Balaban J connectivity index is 2.24. The maximum atomic E-state index is 12.4. The number of hydrogen-bond donors (Lipinski definition) is 1. The Bertz CT molecular complexity index is 710. The zero-order valence-electron chi connectivity index (χ0n) is 12.0. The maximum absolute atomic E-state index is 12.4. The molecule has 0 amide bonds. The molecule has 0 aliphatic heterocycles. The molecule has 0 aliphatic rings. The largest absolute Gasteiger partial charge is 0.507 e. The molecule has 5 heteroatoms. The predicted molar refractivity (Wildman–Crippen MR) is 86.7 cm³/mol. The van der Waals surface area contributed by atoms with Gasteiger partial charge in [0.25, 0.3) is 0 Å². The second-order valence-corrected chi connectivity index (χ2v) is 5.53. The monoisotopic (exact) mass is 362 g/mol. The van der Waals surface area contributed by atoms with Gasteiger partial charge in [-0.3, -0.25) is 9.59 Å². The molecule has 0 aromatic heterocycles. The van der Waals surface area contributed by atoms with Gasteiger partial charge in [0.15, 0.2) is 11.6 Å². The molecule has 0 saturated heterocycles. The van der Waals surface area contributed by atoms with Crippen molar-refractivity contribution in [1.82, 2.24) is 0 Å². The van der Waals surface area contributed by atoms with Gasteiger partial charge < -0.3 is 9.84 Å². The number of ether oxygens (including phenoxy) is 1. The molecule has 0 bridgehead atoms. The van der Waals surface area contributed by atoms with Crippen LogP contribution in [0.25, 0.3) is 0 Å². The Morgan fingerprint density at radius 3 is 2.45 bits per heavy atom. The van der Waals surface area contributed by atoms with E-state index in [0.717, 1.165) is 4.47 Å². The van der Waals surface area contributed by atoms with Gasteiger partial charge in [-0.25, -0.2) is 0 Å². The summed E-state index contributed by atoms with van der Waals surface area (Å²) in [6.07, 6.45) is -0.325. The predicted octanol–water partition coefficient (Wildman–Crippen LogP) is 4.01. The lowest BCUT2D eigenvalue weighted by Gasteiger charge is -2.10. The second kappa shape index (κ2) is 7.22. The molecule has 0 unspecified atom stereocenters. The Morgan fingerprint density at radius 2 is 1.77 bits per heavy atom. The minimum atomic E-state index is -0.425. The molecular formula is C17H15BrO4. The van der Waals surface area contributed by atoms with Crippen LogP contribution in [0.1, 0.15) is 34.1 Å². The van der Waals surface area contributed by atoms with Crippen LogP contribution in [0.15, 0.2) is 46.9 Å². The fourth-order valence-electron chi connectivity index (χ4n) is 2.05. The Morgan fingerprint density at radius 1 is 1.09 bits per heavy atom. The Kier molecular flexibility index (Phi) is 5.33. The first-order chi connectivity index (χ1) is 10.5. The van der Waals surface area contributed by atoms with E-state index in [0.29, 0.717) is 17.9 Å². The first kappa shape index (κ1) is 16.2. The molecule has 0 fully saturated rings. The van der Waals surface area contributed by atoms with E-state index in [9.17, 15) is 14.7 Å². The number of carbonyl (C=O) groups is 2. The van der Waals surface area contributed by atoms with Crippen LogP contribution in [0.2, 0.25) is 0 Å². The van der Waals surface area contributed by atoms with E-state index in [1.165, 1.54) is 12.1 Å². The fourth-order valence-corrected chi connectivity index (χ4v) is 2.41. The highest BCUT2D eigenvalue weighted by atomic mass is 79.9. The molecule has 2 aromatic carbocycles. The molecule has 0 radical (unpaired) electrons. The molecule has 2 rings (SSSR count). The molecule has 0 saturated carbocycles. The van der Waals surface area contributed by atoms with Crippen LogP contribution in [-0.4, -0.2) is 23.3 Å². The zero-order chi connectivity index (χ0) is 16.1. The molecule has 114 valence electrons. The summed E-state index contributed by atoms with van der Waals surface area (Å²) in [6, 6.07) is 11.3. The number of rotatable bonds is 6. The zero-order valence-corrected chi connectivity index (χ0v) is 13.6. The number of ketones is 2. The SMILES string of the molecule is CCOc1ccc(Br)cc1C(=O)CC(=O)c1ccccc1O. The van der Waals surface area contributed by atoms with Gasteiger partial charge in [0.2, 0.25) is 0 Å². The highest BCUT2D eigenvalue weighted by Gasteiger charge is 2.19. The van der Waals surface area contributed by atoms with E-state index in [2.05, 4.69) is 15.9 Å². The molecular weight excluding hydrogens is 348 g/mol. The first-order valence-corrected chi connectivity index (χ1v) is 7.59. The van der Waals surface area contributed by atoms with E-state index in [1.54, 1.807) is 30.3 Å². The lowest BCUT2D eigenvalue weighted by atomic mass is 10.0. The molecule has 1 N–H and O–H groups in total. The van der Waals surface area contributed by atoms with Crippen molar-refractivity contribution < 1.29 is 19.4 Å². The van der Waals surface area contributed by atoms with Crippen LogP contribution in [0, 0.1) is 0 Å². The van der Waals surface area contributed by atoms with Crippen LogP contribution in [0.4, 0.5) is 0 Å². The Hall–Kier alpha value is -2.14. The van der Waals surface area contributed by atoms with Gasteiger partial charge in [-0.2, -0.15) is 0 Å². The smallest absolute Gasteiger partial charge is 0.174 e. The fraction of sp³-hybridized carbons (Fsp3) is 0.176. The third-order valence-electron chi connectivity index (χ3n) is 3.07. The summed E-state index contributed by atoms with van der Waals surface area (Å²) in [5.74, 6) is -0.455. The van der Waals surface area contributed by atoms with Crippen molar-refractivity contribution in [3.8, 4) is 11.5 Å². The maximum Gasteiger partial charge on any atom is 0.174 e. The van der Waals surface area contributed by atoms with Gasteiger partial charge in [-0.15, -0.1) is 0 Å². The summed E-state index contributed by atoms with van der Waals surface area (Å²) >= 11 is 3.31. The molecule has 2 aromatic rings. The van der Waals surface area contributed by atoms with Gasteiger partial charge >= 0.3 is 0 Å². The van der Waals surface area contributed by atoms with Crippen molar-refractivity contribution in [1.29, 1.82) is 0 Å². The third kappa shape index (κ3) is 3.74. The molecule has 0 heterocycles. The summed E-state index contributed by atoms with van der Waals surface area (Å²) in [6.45, 7) is 2.25. The highest BCUT2D eigenvalue weighted by molar-refractivity contribution is 9.10. The topological polar surface area (TPSA) is 63.6 Å². The summed E-state index contributed by atoms with van der Waals surface area (Å²) in [5, 5.41) is 9.68. The minimum Gasteiger partial charge on any atom is -0.507 e. The quantitative estimate of drug-likeness (QED) is 0.622. The number of para-hydroxylation sites is 1. The summed E-state index contributed by atoms with van der Waals surface area (Å²) in [5.41, 5.74) is 0.490. The summed E-state index contributed by atoms with van der Waals surface area (Å²) < 4.78 is 6.15. The average Bonchev–Trinajstić information content (AvgIpc) is 2.49. The van der Waals surface area contributed by atoms with Crippen molar-refractivity contribution in [2.24, 2.45) is 0 Å². The Labute approximate surface area is 136 Å². The van der Waals surface area contributed by atoms with E-state index >= 15 is 0 Å². The van der Waals surface area contributed by atoms with Crippen LogP contribution in [0.3, 0.4) is 0 Å². The van der Waals surface area contributed by atoms with Crippen molar-refractivity contribution >= 4 is 27.5 Å². The number of halogens is 1. The number of phenolic OH excluding ortho intramolecular Hbond substituents is 1. The normalized spacial score (nSPS) is 10.3. The highest BCUT2D eigenvalue weighted by Crippen LogP contribution is 2.26. The number of aromatic hydroxyl groups is 1. The van der Waals surface area contributed by atoms with Gasteiger partial charge in [-0.05, 0) is 37.3 Å². The molecule has 4 nitrogen and oxygen atoms in total. The summed E-state index contributed by atoms with van der Waals surface area (Å²) in [4.78, 5) is 24.6. The van der Waals surface area contributed by atoms with Crippen LogP contribution in [0.5, 0.6) is 11.5 Å². The van der Waals surface area contributed by atoms with E-state index in [-0.39, 0.29) is 23.5 Å². The third-order valence-corrected chi connectivity index (χ3v) is 3.56. The average molecular weight is 363 g/mol. The van der Waals surface area contributed by atoms with Gasteiger partial charge in [0.1, 0.15) is 11.5 Å². The van der Waals surface area contributed by atoms with E-state index in [4.69, 9.17) is 4.74 Å². The van der Waals surface area contributed by atoms with Gasteiger partial charge in [0, 0.05) is 4.47 Å². The lowest BCUT2D eigenvalue weighted by Crippen LogP contribution is -2.10. The van der Waals surface area contributed by atoms with Crippen LogP contribution >= 0.6 is 15.9 Å². The van der Waals surface area contributed by atoms with Gasteiger partial charge in [0.05, 0.1) is 24.2 Å². The lowest BCUT2D eigenvalue weighted by molar-refractivity contribution is 0.0891. The van der Waals surface area contributed by atoms with Gasteiger partial charge in [-0.1, -0.05) is 28.1 Å². The molecule has 0 aliphatic carbocycles. The second-order valence-electron chi connectivity index (χ2n) is 4.61. The number of carbonyl (C=O) groups excluding carboxylic acids is 2. The standard InChI is InChI=1S/C17H15BrO4/c1-2-22-17-8-7-11(18)9-13(17)16(21)10-15(20)12-5-3-4-6-14(12)19/h3-9,19H,2,10H2,1H3.